The van der Waals surface area contributed by atoms with Crippen LogP contribution in [0.5, 0.6) is 5.75 Å². The van der Waals surface area contributed by atoms with E-state index in [-0.39, 0.29) is 23.1 Å². The Morgan fingerprint density at radius 2 is 1.90 bits per heavy atom. The third kappa shape index (κ3) is 6.37. The molecule has 9 heteroatoms. The van der Waals surface area contributed by atoms with Gasteiger partial charge in [0.25, 0.3) is 11.8 Å². The molecule has 30 heavy (non-hydrogen) atoms. The number of hydrogen-bond acceptors (Lipinski definition) is 5. The zero-order valence-corrected chi connectivity index (χ0v) is 17.1. The normalized spacial score (nSPS) is 10.7. The van der Waals surface area contributed by atoms with Crippen LogP contribution in [0.25, 0.3) is 0 Å². The van der Waals surface area contributed by atoms with Gasteiger partial charge in [-0.25, -0.2) is 5.43 Å². The molecule has 0 aliphatic heterocycles. The van der Waals surface area contributed by atoms with Crippen molar-refractivity contribution in [1.82, 2.24) is 10.7 Å². The van der Waals surface area contributed by atoms with Crippen molar-refractivity contribution in [2.24, 2.45) is 5.10 Å². The molecule has 154 valence electrons. The molecular weight excluding hydrogens is 429 g/mol. The monoisotopic (exact) mass is 445 g/mol. The lowest BCUT2D eigenvalue weighted by Gasteiger charge is -2.07. The molecule has 0 atom stereocenters. The predicted molar refractivity (Wildman–Crippen MR) is 114 cm³/mol. The summed E-state index contributed by atoms with van der Waals surface area (Å²) in [4.78, 5) is 23.9. The quantitative estimate of drug-likeness (QED) is 0.404. The van der Waals surface area contributed by atoms with Gasteiger partial charge in [0.2, 0.25) is 0 Å². The topological polar surface area (TPSA) is 92.9 Å². The van der Waals surface area contributed by atoms with Crippen LogP contribution in [0, 0.1) is 0 Å². The van der Waals surface area contributed by atoms with Crippen molar-refractivity contribution in [3.63, 3.8) is 0 Å². The van der Waals surface area contributed by atoms with Crippen molar-refractivity contribution in [2.75, 3.05) is 6.61 Å². The maximum absolute atomic E-state index is 12.1. The Labute approximate surface area is 182 Å². The molecule has 0 fully saturated rings. The van der Waals surface area contributed by atoms with Crippen molar-refractivity contribution < 1.29 is 18.7 Å². The molecule has 0 saturated carbocycles. The van der Waals surface area contributed by atoms with E-state index in [1.807, 2.05) is 0 Å². The summed E-state index contributed by atoms with van der Waals surface area (Å²) in [6.45, 7) is 0.184. The molecule has 0 saturated heterocycles. The van der Waals surface area contributed by atoms with Gasteiger partial charge in [0.05, 0.1) is 29.6 Å². The van der Waals surface area contributed by atoms with Gasteiger partial charge in [-0.15, -0.1) is 0 Å². The molecule has 1 aromatic heterocycles. The van der Waals surface area contributed by atoms with E-state index in [1.165, 1.54) is 18.3 Å². The maximum atomic E-state index is 12.1. The lowest BCUT2D eigenvalue weighted by Crippen LogP contribution is -2.28. The van der Waals surface area contributed by atoms with Gasteiger partial charge in [0.15, 0.2) is 6.61 Å². The average molecular weight is 446 g/mol. The van der Waals surface area contributed by atoms with Gasteiger partial charge in [-0.3, -0.25) is 9.59 Å². The minimum Gasteiger partial charge on any atom is -0.484 e. The van der Waals surface area contributed by atoms with Crippen LogP contribution in [0.2, 0.25) is 10.0 Å². The molecule has 3 aromatic rings. The third-order valence-electron chi connectivity index (χ3n) is 3.85. The number of nitrogens with zero attached hydrogens (tertiary/aromatic N) is 1. The standard InChI is InChI=1S/C21H17Cl2N3O4/c22-15-5-8-18(19(23)10-15)21(28)26-25-11-14-3-6-16(7-4-14)30-13-20(27)24-12-17-2-1-9-29-17/h1-11H,12-13H2,(H,24,27)(H,26,28)/b25-11+. The minimum atomic E-state index is -0.451. The Kier molecular flexibility index (Phi) is 7.48. The Bertz CT molecular complexity index is 1030. The fourth-order valence-corrected chi connectivity index (χ4v) is 2.84. The SMILES string of the molecule is O=C(COc1ccc(/C=N/NC(=O)c2ccc(Cl)cc2Cl)cc1)NCc1ccco1. The number of carbonyl (C=O) groups excluding carboxylic acids is 2. The van der Waals surface area contributed by atoms with Crippen LogP contribution in [0.15, 0.2) is 70.4 Å². The number of carbonyl (C=O) groups is 2. The Morgan fingerprint density at radius 1 is 1.10 bits per heavy atom. The number of nitrogens with one attached hydrogen (secondary N) is 2. The number of rotatable bonds is 8. The average Bonchev–Trinajstić information content (AvgIpc) is 3.25. The largest absolute Gasteiger partial charge is 0.484 e. The lowest BCUT2D eigenvalue weighted by molar-refractivity contribution is -0.123. The highest BCUT2D eigenvalue weighted by atomic mass is 35.5. The van der Waals surface area contributed by atoms with Gasteiger partial charge in [0.1, 0.15) is 11.5 Å². The van der Waals surface area contributed by atoms with Gasteiger partial charge >= 0.3 is 0 Å². The van der Waals surface area contributed by atoms with Crippen molar-refractivity contribution in [3.05, 3.63) is 87.8 Å². The Morgan fingerprint density at radius 3 is 2.60 bits per heavy atom. The molecule has 0 radical (unpaired) electrons. The second-order valence-electron chi connectivity index (χ2n) is 6.04. The second-order valence-corrected chi connectivity index (χ2v) is 6.88. The van der Waals surface area contributed by atoms with E-state index in [4.69, 9.17) is 32.4 Å². The van der Waals surface area contributed by atoms with Gasteiger partial charge in [-0.2, -0.15) is 5.10 Å². The van der Waals surface area contributed by atoms with Crippen LogP contribution in [-0.4, -0.2) is 24.6 Å². The van der Waals surface area contributed by atoms with Crippen molar-refractivity contribution in [2.45, 2.75) is 6.54 Å². The van der Waals surface area contributed by atoms with E-state index < -0.39 is 5.91 Å². The van der Waals surface area contributed by atoms with Crippen LogP contribution in [0.1, 0.15) is 21.7 Å². The second kappa shape index (κ2) is 10.5. The number of amides is 2. The molecule has 3 rings (SSSR count). The smallest absolute Gasteiger partial charge is 0.272 e. The summed E-state index contributed by atoms with van der Waals surface area (Å²) in [5, 5.41) is 7.28. The molecule has 7 nitrogen and oxygen atoms in total. The number of hydrogen-bond donors (Lipinski definition) is 2. The number of benzene rings is 2. The summed E-state index contributed by atoms with van der Waals surface area (Å²) in [5.41, 5.74) is 3.40. The maximum Gasteiger partial charge on any atom is 0.272 e. The number of halogens is 2. The zero-order chi connectivity index (χ0) is 21.3. The number of ether oxygens (including phenoxy) is 1. The van der Waals surface area contributed by atoms with Crippen LogP contribution < -0.4 is 15.5 Å². The fraction of sp³-hybridized carbons (Fsp3) is 0.0952. The molecular formula is C21H17Cl2N3O4. The molecule has 0 aliphatic carbocycles. The molecule has 1 heterocycles. The molecule has 2 N–H and O–H groups in total. The van der Waals surface area contributed by atoms with Crippen molar-refractivity contribution in [1.29, 1.82) is 0 Å². The third-order valence-corrected chi connectivity index (χ3v) is 4.39. The molecule has 0 unspecified atom stereocenters. The Hall–Kier alpha value is -3.29. The fourth-order valence-electron chi connectivity index (χ4n) is 2.35. The van der Waals surface area contributed by atoms with Crippen molar-refractivity contribution in [3.8, 4) is 5.75 Å². The first kappa shape index (κ1) is 21.4. The van der Waals surface area contributed by atoms with Crippen LogP contribution >= 0.6 is 23.2 Å². The molecule has 2 aromatic carbocycles. The Balaban J connectivity index is 1.44. The molecule has 2 amide bonds. The zero-order valence-electron chi connectivity index (χ0n) is 15.6. The van der Waals surface area contributed by atoms with E-state index in [9.17, 15) is 9.59 Å². The molecule has 0 bridgehead atoms. The lowest BCUT2D eigenvalue weighted by atomic mass is 10.2. The summed E-state index contributed by atoms with van der Waals surface area (Å²) in [6.07, 6.45) is 3.02. The minimum absolute atomic E-state index is 0.119. The van der Waals surface area contributed by atoms with Gasteiger partial charge in [-0.1, -0.05) is 23.2 Å². The van der Waals surface area contributed by atoms with Gasteiger partial charge in [0, 0.05) is 5.02 Å². The van der Waals surface area contributed by atoms with Crippen molar-refractivity contribution >= 4 is 41.2 Å². The summed E-state index contributed by atoms with van der Waals surface area (Å²) in [7, 11) is 0. The van der Waals surface area contributed by atoms with E-state index in [2.05, 4.69) is 15.8 Å². The summed E-state index contributed by atoms with van der Waals surface area (Å²) >= 11 is 11.8. The number of furan rings is 1. The van der Waals surface area contributed by atoms with E-state index in [0.29, 0.717) is 23.1 Å². The van der Waals surface area contributed by atoms with Crippen LogP contribution in [0.4, 0.5) is 0 Å². The summed E-state index contributed by atoms with van der Waals surface area (Å²) < 4.78 is 10.6. The highest BCUT2D eigenvalue weighted by molar-refractivity contribution is 6.36. The number of hydrazone groups is 1. The molecule has 0 spiro atoms. The van der Waals surface area contributed by atoms with E-state index >= 15 is 0 Å². The van der Waals surface area contributed by atoms with E-state index in [1.54, 1.807) is 48.7 Å². The predicted octanol–water partition coefficient (Wildman–Crippen LogP) is 4.05. The van der Waals surface area contributed by atoms with E-state index in [0.717, 1.165) is 5.56 Å². The van der Waals surface area contributed by atoms with Crippen LogP contribution in [-0.2, 0) is 11.3 Å². The van der Waals surface area contributed by atoms with Crippen LogP contribution in [0.3, 0.4) is 0 Å². The van der Waals surface area contributed by atoms with Gasteiger partial charge < -0.3 is 14.5 Å². The van der Waals surface area contributed by atoms with Gasteiger partial charge in [-0.05, 0) is 60.2 Å². The summed E-state index contributed by atoms with van der Waals surface area (Å²) in [6, 6.07) is 15.0. The highest BCUT2D eigenvalue weighted by Crippen LogP contribution is 2.20. The molecule has 0 aliphatic rings. The first-order chi connectivity index (χ1) is 14.5. The first-order valence-electron chi connectivity index (χ1n) is 8.81. The summed E-state index contributed by atoms with van der Waals surface area (Å²) in [5.74, 6) is 0.476. The highest BCUT2D eigenvalue weighted by Gasteiger charge is 2.09. The first-order valence-corrected chi connectivity index (χ1v) is 9.57.